The zero-order valence-electron chi connectivity index (χ0n) is 10.8. The number of halogens is 2. The maximum Gasteiger partial charge on any atom is 0.193 e. The second-order valence-corrected chi connectivity index (χ2v) is 5.75. The van der Waals surface area contributed by atoms with Gasteiger partial charge in [-0.2, -0.15) is 5.10 Å². The van der Waals surface area contributed by atoms with Crippen molar-refractivity contribution in [1.82, 2.24) is 14.7 Å². The Labute approximate surface area is 125 Å². The normalized spacial score (nSPS) is 13.2. The molecule has 5 nitrogen and oxygen atoms in total. The molecule has 0 saturated heterocycles. The van der Waals surface area contributed by atoms with E-state index in [9.17, 15) is 0 Å². The van der Waals surface area contributed by atoms with Gasteiger partial charge in [0.15, 0.2) is 5.22 Å². The molecule has 0 saturated carbocycles. The Morgan fingerprint density at radius 1 is 1.53 bits per heavy atom. The largest absolute Gasteiger partial charge is 0.448 e. The van der Waals surface area contributed by atoms with Crippen molar-refractivity contribution in [3.05, 3.63) is 39.5 Å². The smallest absolute Gasteiger partial charge is 0.193 e. The van der Waals surface area contributed by atoms with E-state index in [-0.39, 0.29) is 0 Å². The summed E-state index contributed by atoms with van der Waals surface area (Å²) in [5.74, 6) is 0.623. The topological polar surface area (TPSA) is 60.2 Å². The van der Waals surface area contributed by atoms with Crippen LogP contribution in [0.15, 0.2) is 27.2 Å². The summed E-state index contributed by atoms with van der Waals surface area (Å²) in [5, 5.41) is 4.66. The van der Waals surface area contributed by atoms with Crippen molar-refractivity contribution < 1.29 is 4.42 Å². The van der Waals surface area contributed by atoms with Crippen LogP contribution in [0.1, 0.15) is 17.5 Å². The van der Waals surface area contributed by atoms with Gasteiger partial charge in [0.05, 0.1) is 22.9 Å². The van der Waals surface area contributed by atoms with Crippen molar-refractivity contribution in [3.63, 3.8) is 0 Å². The molecule has 0 aromatic carbocycles. The van der Waals surface area contributed by atoms with E-state index in [4.69, 9.17) is 21.8 Å². The van der Waals surface area contributed by atoms with Crippen LogP contribution in [0.3, 0.4) is 0 Å². The van der Waals surface area contributed by atoms with Crippen LogP contribution >= 0.6 is 27.5 Å². The third-order valence-electron chi connectivity index (χ3n) is 2.79. The SMILES string of the molecule is CN(C)CCn1ncc(Br)c1C(N)c1ccc(Cl)o1. The third-order valence-corrected chi connectivity index (χ3v) is 3.60. The molecular formula is C12H16BrClN4O. The number of rotatable bonds is 5. The van der Waals surface area contributed by atoms with Gasteiger partial charge in [0.25, 0.3) is 0 Å². The summed E-state index contributed by atoms with van der Waals surface area (Å²) in [5.41, 5.74) is 7.11. The molecule has 7 heteroatoms. The summed E-state index contributed by atoms with van der Waals surface area (Å²) in [6, 6.07) is 3.07. The highest BCUT2D eigenvalue weighted by molar-refractivity contribution is 9.10. The Bertz CT molecular complexity index is 552. The molecule has 104 valence electrons. The fourth-order valence-corrected chi connectivity index (χ4v) is 2.48. The molecule has 19 heavy (non-hydrogen) atoms. The Morgan fingerprint density at radius 3 is 2.84 bits per heavy atom. The van der Waals surface area contributed by atoms with E-state index in [2.05, 4.69) is 25.9 Å². The molecule has 0 spiro atoms. The Morgan fingerprint density at radius 2 is 2.26 bits per heavy atom. The molecule has 0 aliphatic rings. The lowest BCUT2D eigenvalue weighted by molar-refractivity contribution is 0.365. The minimum Gasteiger partial charge on any atom is -0.448 e. The minimum atomic E-state index is -0.397. The Balaban J connectivity index is 2.25. The maximum atomic E-state index is 6.23. The van der Waals surface area contributed by atoms with Crippen molar-refractivity contribution >= 4 is 27.5 Å². The minimum absolute atomic E-state index is 0.334. The fraction of sp³-hybridized carbons (Fsp3) is 0.417. The molecule has 2 rings (SSSR count). The van der Waals surface area contributed by atoms with Crippen LogP contribution in [-0.4, -0.2) is 35.3 Å². The zero-order chi connectivity index (χ0) is 14.0. The first-order chi connectivity index (χ1) is 8.99. The molecule has 0 aliphatic carbocycles. The van der Waals surface area contributed by atoms with Gasteiger partial charge in [-0.25, -0.2) is 0 Å². The molecule has 2 N–H and O–H groups in total. The molecule has 0 fully saturated rings. The van der Waals surface area contributed by atoms with E-state index >= 15 is 0 Å². The van der Waals surface area contributed by atoms with E-state index in [1.54, 1.807) is 18.3 Å². The van der Waals surface area contributed by atoms with Crippen molar-refractivity contribution in [2.45, 2.75) is 12.6 Å². The summed E-state index contributed by atoms with van der Waals surface area (Å²) < 4.78 is 8.12. The molecule has 2 aromatic rings. The van der Waals surface area contributed by atoms with Crippen LogP contribution in [0, 0.1) is 0 Å². The standard InChI is InChI=1S/C12H16BrClN4O/c1-17(2)5-6-18-12(8(13)7-16-18)11(15)9-3-4-10(14)19-9/h3-4,7,11H,5-6,15H2,1-2H3. The van der Waals surface area contributed by atoms with Crippen LogP contribution < -0.4 is 5.73 Å². The molecule has 1 atom stereocenters. The summed E-state index contributed by atoms with van der Waals surface area (Å²) in [6.07, 6.45) is 1.75. The lowest BCUT2D eigenvalue weighted by atomic mass is 10.1. The molecule has 0 bridgehead atoms. The highest BCUT2D eigenvalue weighted by atomic mass is 79.9. The highest BCUT2D eigenvalue weighted by Crippen LogP contribution is 2.28. The van der Waals surface area contributed by atoms with Crippen LogP contribution in [0.4, 0.5) is 0 Å². The molecule has 2 heterocycles. The van der Waals surface area contributed by atoms with Crippen LogP contribution in [0.2, 0.25) is 5.22 Å². The van der Waals surface area contributed by atoms with Gasteiger partial charge in [-0.05, 0) is 53.8 Å². The summed E-state index contributed by atoms with van der Waals surface area (Å²) in [4.78, 5) is 2.09. The van der Waals surface area contributed by atoms with Gasteiger partial charge in [0, 0.05) is 6.54 Å². The number of hydrogen-bond acceptors (Lipinski definition) is 4. The number of likely N-dealkylation sites (N-methyl/N-ethyl adjacent to an activating group) is 1. The van der Waals surface area contributed by atoms with Gasteiger partial charge in [0.1, 0.15) is 11.8 Å². The fourth-order valence-electron chi connectivity index (χ4n) is 1.78. The van der Waals surface area contributed by atoms with Crippen molar-refractivity contribution in [1.29, 1.82) is 0 Å². The second kappa shape index (κ2) is 6.09. The second-order valence-electron chi connectivity index (χ2n) is 4.52. The number of aromatic nitrogens is 2. The first-order valence-electron chi connectivity index (χ1n) is 5.85. The average molecular weight is 348 g/mol. The molecule has 0 aliphatic heterocycles. The van der Waals surface area contributed by atoms with Crippen LogP contribution in [0.5, 0.6) is 0 Å². The van der Waals surface area contributed by atoms with E-state index < -0.39 is 6.04 Å². The quantitative estimate of drug-likeness (QED) is 0.903. The molecule has 2 aromatic heterocycles. The van der Waals surface area contributed by atoms with E-state index in [0.29, 0.717) is 11.0 Å². The van der Waals surface area contributed by atoms with Crippen LogP contribution in [-0.2, 0) is 6.54 Å². The highest BCUT2D eigenvalue weighted by Gasteiger charge is 2.21. The number of furan rings is 1. The maximum absolute atomic E-state index is 6.23. The molecule has 0 amide bonds. The van der Waals surface area contributed by atoms with Gasteiger partial charge >= 0.3 is 0 Å². The average Bonchev–Trinajstić information content (AvgIpc) is 2.92. The zero-order valence-corrected chi connectivity index (χ0v) is 13.1. The Kier molecular flexibility index (Phi) is 4.67. The van der Waals surface area contributed by atoms with E-state index in [0.717, 1.165) is 23.3 Å². The summed E-state index contributed by atoms with van der Waals surface area (Å²) in [7, 11) is 4.04. The van der Waals surface area contributed by atoms with Crippen molar-refractivity contribution in [2.24, 2.45) is 5.73 Å². The van der Waals surface area contributed by atoms with Gasteiger partial charge in [0.2, 0.25) is 0 Å². The monoisotopic (exact) mass is 346 g/mol. The molecule has 1 unspecified atom stereocenters. The predicted molar refractivity (Wildman–Crippen MR) is 78.2 cm³/mol. The Hall–Kier alpha value is -0.820. The van der Waals surface area contributed by atoms with Gasteiger partial charge in [-0.3, -0.25) is 4.68 Å². The first-order valence-corrected chi connectivity index (χ1v) is 7.03. The van der Waals surface area contributed by atoms with Crippen molar-refractivity contribution in [2.75, 3.05) is 20.6 Å². The lowest BCUT2D eigenvalue weighted by Gasteiger charge is -2.15. The number of nitrogens with zero attached hydrogens (tertiary/aromatic N) is 3. The van der Waals surface area contributed by atoms with Crippen molar-refractivity contribution in [3.8, 4) is 0 Å². The number of nitrogens with two attached hydrogens (primary N) is 1. The predicted octanol–water partition coefficient (Wildman–Crippen LogP) is 2.50. The van der Waals surface area contributed by atoms with Gasteiger partial charge in [-0.15, -0.1) is 0 Å². The molecule has 0 radical (unpaired) electrons. The lowest BCUT2D eigenvalue weighted by Crippen LogP contribution is -2.23. The van der Waals surface area contributed by atoms with E-state index in [1.807, 2.05) is 18.8 Å². The third kappa shape index (κ3) is 3.39. The van der Waals surface area contributed by atoms with Gasteiger partial charge in [-0.1, -0.05) is 0 Å². The summed E-state index contributed by atoms with van der Waals surface area (Å²) >= 11 is 9.26. The van der Waals surface area contributed by atoms with E-state index in [1.165, 1.54) is 0 Å². The van der Waals surface area contributed by atoms with Gasteiger partial charge < -0.3 is 15.1 Å². The summed E-state index contributed by atoms with van der Waals surface area (Å²) in [6.45, 7) is 1.64. The van der Waals surface area contributed by atoms with Crippen LogP contribution in [0.25, 0.3) is 0 Å². The number of hydrogen-bond donors (Lipinski definition) is 1. The molecular weight excluding hydrogens is 332 g/mol. The first kappa shape index (κ1) is 14.6.